The summed E-state index contributed by atoms with van der Waals surface area (Å²) in [6.45, 7) is 1.43. The first-order valence-electron chi connectivity index (χ1n) is 9.04. The van der Waals surface area contributed by atoms with Gasteiger partial charge in [-0.25, -0.2) is 4.99 Å². The van der Waals surface area contributed by atoms with Gasteiger partial charge in [-0.2, -0.15) is 0 Å². The fraction of sp³-hybridized carbons (Fsp3) is 0.632. The van der Waals surface area contributed by atoms with Gasteiger partial charge in [-0.15, -0.1) is 0 Å². The molecule has 1 aliphatic heterocycles. The maximum atomic E-state index is 6.21. The molecule has 0 aromatic heterocycles. The zero-order valence-electron chi connectivity index (χ0n) is 14.3. The van der Waals surface area contributed by atoms with E-state index in [0.29, 0.717) is 36.0 Å². The van der Waals surface area contributed by atoms with E-state index in [1.54, 1.807) is 7.11 Å². The molecule has 1 spiro atoms. The van der Waals surface area contributed by atoms with Gasteiger partial charge in [0.1, 0.15) is 5.75 Å². The number of nitrogens with two attached hydrogens (primary N) is 1. The Hall–Kier alpha value is -1.75. The van der Waals surface area contributed by atoms with Crippen LogP contribution in [-0.4, -0.2) is 31.8 Å². The van der Waals surface area contributed by atoms with Crippen LogP contribution < -0.4 is 15.8 Å². The number of methoxy groups -OCH3 is 1. The van der Waals surface area contributed by atoms with E-state index in [1.165, 1.54) is 25.7 Å². The van der Waals surface area contributed by atoms with Crippen LogP contribution in [0.15, 0.2) is 29.3 Å². The first kappa shape index (κ1) is 15.8. The molecule has 1 aromatic carbocycles. The highest BCUT2D eigenvalue weighted by Gasteiger charge is 2.65. The number of hydrogen-bond donors (Lipinski definition) is 2. The second-order valence-corrected chi connectivity index (χ2v) is 7.32. The van der Waals surface area contributed by atoms with Gasteiger partial charge in [-0.1, -0.05) is 31.0 Å². The van der Waals surface area contributed by atoms with Crippen LogP contribution in [0.1, 0.15) is 37.7 Å². The minimum atomic E-state index is 0.297. The Balaban J connectivity index is 1.44. The lowest BCUT2D eigenvalue weighted by atomic mass is 9.54. The minimum Gasteiger partial charge on any atom is -0.496 e. The number of benzene rings is 1. The standard InChI is InChI=1S/C19H27N3O2/c1-23-15-7-3-2-6-13(15)12-21-18(20)22-16-14-8-11-24-17(14)19(16)9-4-5-10-19/h2-3,6-7,14,16-17H,4-5,8-12H2,1H3,(H3,20,21,22). The molecule has 2 saturated carbocycles. The Morgan fingerprint density at radius 2 is 2.17 bits per heavy atom. The number of para-hydroxylation sites is 1. The molecule has 1 saturated heterocycles. The van der Waals surface area contributed by atoms with Crippen LogP contribution in [-0.2, 0) is 11.3 Å². The van der Waals surface area contributed by atoms with E-state index in [1.807, 2.05) is 24.3 Å². The third-order valence-electron chi connectivity index (χ3n) is 6.20. The molecule has 3 atom stereocenters. The zero-order chi connectivity index (χ0) is 16.6. The zero-order valence-corrected chi connectivity index (χ0v) is 14.3. The molecule has 4 rings (SSSR count). The largest absolute Gasteiger partial charge is 0.496 e. The molecule has 1 heterocycles. The lowest BCUT2D eigenvalue weighted by molar-refractivity contribution is -0.124. The number of nitrogens with one attached hydrogen (secondary N) is 1. The quantitative estimate of drug-likeness (QED) is 0.658. The van der Waals surface area contributed by atoms with E-state index in [2.05, 4.69) is 10.3 Å². The number of fused-ring (bicyclic) bond motifs is 2. The third-order valence-corrected chi connectivity index (χ3v) is 6.20. The smallest absolute Gasteiger partial charge is 0.189 e. The van der Waals surface area contributed by atoms with Crippen molar-refractivity contribution in [2.45, 2.75) is 50.8 Å². The predicted molar refractivity (Wildman–Crippen MR) is 94.0 cm³/mol. The molecule has 130 valence electrons. The minimum absolute atomic E-state index is 0.297. The van der Waals surface area contributed by atoms with Gasteiger partial charge in [0.15, 0.2) is 5.96 Å². The highest BCUT2D eigenvalue weighted by molar-refractivity contribution is 5.78. The Morgan fingerprint density at radius 1 is 1.38 bits per heavy atom. The monoisotopic (exact) mass is 329 g/mol. The van der Waals surface area contributed by atoms with Gasteiger partial charge in [0.05, 0.1) is 19.8 Å². The number of hydrogen-bond acceptors (Lipinski definition) is 3. The summed E-state index contributed by atoms with van der Waals surface area (Å²) in [5, 5.41) is 3.54. The summed E-state index contributed by atoms with van der Waals surface area (Å²) in [5.74, 6) is 2.00. The molecule has 2 aliphatic carbocycles. The van der Waals surface area contributed by atoms with Gasteiger partial charge in [0.2, 0.25) is 0 Å². The number of nitrogens with zero attached hydrogens (tertiary/aromatic N) is 1. The van der Waals surface area contributed by atoms with E-state index < -0.39 is 0 Å². The van der Waals surface area contributed by atoms with Crippen LogP contribution in [0.3, 0.4) is 0 Å². The maximum absolute atomic E-state index is 6.21. The van der Waals surface area contributed by atoms with Crippen molar-refractivity contribution in [1.82, 2.24) is 5.32 Å². The third kappa shape index (κ3) is 2.46. The summed E-state index contributed by atoms with van der Waals surface area (Å²) in [6.07, 6.45) is 6.71. The fourth-order valence-electron chi connectivity index (χ4n) is 5.11. The van der Waals surface area contributed by atoms with E-state index in [-0.39, 0.29) is 0 Å². The molecule has 0 bridgehead atoms. The van der Waals surface area contributed by atoms with Gasteiger partial charge in [0, 0.05) is 29.5 Å². The molecule has 5 nitrogen and oxygen atoms in total. The first-order valence-corrected chi connectivity index (χ1v) is 9.04. The molecular formula is C19H27N3O2. The average Bonchev–Trinajstić information content (AvgIpc) is 3.26. The summed E-state index contributed by atoms with van der Waals surface area (Å²) in [7, 11) is 1.68. The van der Waals surface area contributed by atoms with E-state index in [9.17, 15) is 0 Å². The van der Waals surface area contributed by atoms with Crippen molar-refractivity contribution >= 4 is 5.96 Å². The second-order valence-electron chi connectivity index (χ2n) is 7.32. The Kier molecular flexibility index (Phi) is 4.12. The summed E-state index contributed by atoms with van der Waals surface area (Å²) in [5.41, 5.74) is 7.56. The van der Waals surface area contributed by atoms with Crippen LogP contribution in [0.25, 0.3) is 0 Å². The lowest BCUT2D eigenvalue weighted by Crippen LogP contribution is -2.69. The summed E-state index contributed by atoms with van der Waals surface area (Å²) in [4.78, 5) is 4.56. The fourth-order valence-corrected chi connectivity index (χ4v) is 5.11. The molecule has 3 fully saturated rings. The number of guanidine groups is 1. The van der Waals surface area contributed by atoms with Crippen LogP contribution in [0, 0.1) is 11.3 Å². The van der Waals surface area contributed by atoms with Gasteiger partial charge in [0.25, 0.3) is 0 Å². The number of ether oxygens (including phenoxy) is 2. The number of rotatable bonds is 4. The van der Waals surface area contributed by atoms with Crippen molar-refractivity contribution in [3.05, 3.63) is 29.8 Å². The molecule has 5 heteroatoms. The molecule has 0 radical (unpaired) electrons. The predicted octanol–water partition coefficient (Wildman–Crippen LogP) is 2.45. The van der Waals surface area contributed by atoms with Crippen molar-refractivity contribution in [3.8, 4) is 5.75 Å². The summed E-state index contributed by atoms with van der Waals surface area (Å²) >= 11 is 0. The molecule has 3 aliphatic rings. The van der Waals surface area contributed by atoms with Crippen molar-refractivity contribution in [2.24, 2.45) is 22.1 Å². The van der Waals surface area contributed by atoms with Gasteiger partial charge >= 0.3 is 0 Å². The maximum Gasteiger partial charge on any atom is 0.189 e. The second kappa shape index (κ2) is 6.28. The van der Waals surface area contributed by atoms with E-state index in [0.717, 1.165) is 24.3 Å². The van der Waals surface area contributed by atoms with Crippen LogP contribution in [0.2, 0.25) is 0 Å². The van der Waals surface area contributed by atoms with Crippen molar-refractivity contribution in [2.75, 3.05) is 13.7 Å². The van der Waals surface area contributed by atoms with Gasteiger partial charge < -0.3 is 20.5 Å². The first-order chi connectivity index (χ1) is 11.7. The van der Waals surface area contributed by atoms with Crippen LogP contribution in [0.5, 0.6) is 5.75 Å². The Morgan fingerprint density at radius 3 is 2.96 bits per heavy atom. The average molecular weight is 329 g/mol. The summed E-state index contributed by atoms with van der Waals surface area (Å²) < 4.78 is 11.4. The molecule has 3 unspecified atom stereocenters. The van der Waals surface area contributed by atoms with Gasteiger partial charge in [-0.3, -0.25) is 0 Å². The van der Waals surface area contributed by atoms with E-state index in [4.69, 9.17) is 15.2 Å². The van der Waals surface area contributed by atoms with E-state index >= 15 is 0 Å². The topological polar surface area (TPSA) is 68.9 Å². The highest BCUT2D eigenvalue weighted by atomic mass is 16.5. The Labute approximate surface area is 143 Å². The number of aliphatic imine (C=N–C) groups is 1. The molecule has 0 amide bonds. The van der Waals surface area contributed by atoms with Gasteiger partial charge in [-0.05, 0) is 25.3 Å². The molecule has 1 aromatic rings. The molecule has 3 N–H and O–H groups in total. The Bertz CT molecular complexity index is 625. The van der Waals surface area contributed by atoms with Crippen LogP contribution >= 0.6 is 0 Å². The molecule has 24 heavy (non-hydrogen) atoms. The SMILES string of the molecule is COc1ccccc1CN=C(N)NC1C2CCOC2C12CCCC2. The van der Waals surface area contributed by atoms with Crippen molar-refractivity contribution in [3.63, 3.8) is 0 Å². The summed E-state index contributed by atoms with van der Waals surface area (Å²) in [6, 6.07) is 8.37. The normalized spacial score (nSPS) is 30.9. The van der Waals surface area contributed by atoms with Crippen molar-refractivity contribution in [1.29, 1.82) is 0 Å². The highest BCUT2D eigenvalue weighted by Crippen LogP contribution is 2.60. The molecular weight excluding hydrogens is 302 g/mol. The lowest BCUT2D eigenvalue weighted by Gasteiger charge is -2.57. The van der Waals surface area contributed by atoms with Crippen molar-refractivity contribution < 1.29 is 9.47 Å². The van der Waals surface area contributed by atoms with Crippen LogP contribution in [0.4, 0.5) is 0 Å².